The second-order valence-corrected chi connectivity index (χ2v) is 9.71. The van der Waals surface area contributed by atoms with Crippen LogP contribution in [0.25, 0.3) is 0 Å². The molecule has 0 aromatic heterocycles. The predicted octanol–water partition coefficient (Wildman–Crippen LogP) is 4.88. The van der Waals surface area contributed by atoms with E-state index in [1.54, 1.807) is 0 Å². The predicted molar refractivity (Wildman–Crippen MR) is 105 cm³/mol. The lowest BCUT2D eigenvalue weighted by atomic mass is 9.98. The minimum atomic E-state index is -4.50. The number of rotatable bonds is 3. The summed E-state index contributed by atoms with van der Waals surface area (Å²) < 4.78 is 66.5. The first-order valence-electron chi connectivity index (χ1n) is 9.77. The molecule has 1 unspecified atom stereocenters. The fraction of sp³-hybridized carbons (Fsp3) is 0.429. The molecule has 0 spiro atoms. The van der Waals surface area contributed by atoms with Crippen LogP contribution in [-0.2, 0) is 22.7 Å². The van der Waals surface area contributed by atoms with Crippen molar-refractivity contribution in [3.63, 3.8) is 0 Å². The first kappa shape index (κ1) is 20.2. The van der Waals surface area contributed by atoms with Gasteiger partial charge >= 0.3 is 6.18 Å². The molecule has 1 aliphatic heterocycles. The van der Waals surface area contributed by atoms with Gasteiger partial charge in [0.05, 0.1) is 10.5 Å². The summed E-state index contributed by atoms with van der Waals surface area (Å²) in [6.07, 6.45) is -0.129. The van der Waals surface area contributed by atoms with Crippen LogP contribution in [0.5, 0.6) is 0 Å². The van der Waals surface area contributed by atoms with E-state index < -0.39 is 21.8 Å². The van der Waals surface area contributed by atoms with Gasteiger partial charge in [0.25, 0.3) is 0 Å². The molecule has 29 heavy (non-hydrogen) atoms. The van der Waals surface area contributed by atoms with E-state index in [9.17, 15) is 21.6 Å². The zero-order valence-electron chi connectivity index (χ0n) is 15.8. The lowest BCUT2D eigenvalue weighted by Gasteiger charge is -2.28. The Balaban J connectivity index is 1.67. The average molecular weight is 424 g/mol. The van der Waals surface area contributed by atoms with Crippen molar-refractivity contribution >= 4 is 15.7 Å². The van der Waals surface area contributed by atoms with Crippen molar-refractivity contribution in [2.45, 2.75) is 49.3 Å². The molecule has 0 radical (unpaired) electrons. The fourth-order valence-corrected chi connectivity index (χ4v) is 5.74. The Hall–Kier alpha value is -2.06. The van der Waals surface area contributed by atoms with Crippen LogP contribution in [0, 0.1) is 5.92 Å². The molecule has 1 saturated carbocycles. The van der Waals surface area contributed by atoms with Crippen molar-refractivity contribution in [2.75, 3.05) is 11.9 Å². The third-order valence-electron chi connectivity index (χ3n) is 5.89. The summed E-state index contributed by atoms with van der Waals surface area (Å²) in [7, 11) is -3.93. The summed E-state index contributed by atoms with van der Waals surface area (Å²) in [5.74, 6) is 0.381. The van der Waals surface area contributed by atoms with Gasteiger partial charge in [-0.25, -0.2) is 8.42 Å². The Labute approximate surface area is 168 Å². The van der Waals surface area contributed by atoms with Crippen molar-refractivity contribution in [1.82, 2.24) is 4.31 Å². The Bertz CT molecular complexity index is 968. The van der Waals surface area contributed by atoms with Gasteiger partial charge in [-0.15, -0.1) is 0 Å². The van der Waals surface area contributed by atoms with Gasteiger partial charge in [0.15, 0.2) is 0 Å². The van der Waals surface area contributed by atoms with Crippen LogP contribution in [0.15, 0.2) is 53.4 Å². The molecule has 8 heteroatoms. The maximum atomic E-state index is 13.3. The molecule has 156 valence electrons. The van der Waals surface area contributed by atoms with Crippen LogP contribution < -0.4 is 5.32 Å². The quantitative estimate of drug-likeness (QED) is 0.764. The molecule has 0 amide bonds. The van der Waals surface area contributed by atoms with Gasteiger partial charge in [0.2, 0.25) is 10.0 Å². The standard InChI is InChI=1S/C21H23F3N2O2S/c22-21(23,24)17-9-11-18(12-10-17)29(27,28)26-13-16-7-3-4-8-19(16)25-20(14-26)15-5-1-2-6-15/h3-4,7-12,15,20,25H,1-2,5-6,13-14H2. The van der Waals surface area contributed by atoms with Crippen molar-refractivity contribution in [3.8, 4) is 0 Å². The maximum Gasteiger partial charge on any atom is 0.416 e. The summed E-state index contributed by atoms with van der Waals surface area (Å²) in [5, 5.41) is 3.53. The van der Waals surface area contributed by atoms with E-state index in [0.29, 0.717) is 12.5 Å². The molecular weight excluding hydrogens is 401 g/mol. The zero-order valence-corrected chi connectivity index (χ0v) is 16.6. The van der Waals surface area contributed by atoms with E-state index in [1.807, 2.05) is 24.3 Å². The molecule has 1 N–H and O–H groups in total. The number of halogens is 3. The number of hydrogen-bond acceptors (Lipinski definition) is 3. The minimum absolute atomic E-state index is 0.0228. The number of sulfonamides is 1. The minimum Gasteiger partial charge on any atom is -0.380 e. The van der Waals surface area contributed by atoms with Crippen LogP contribution in [0.1, 0.15) is 36.8 Å². The number of nitrogens with one attached hydrogen (secondary N) is 1. The van der Waals surface area contributed by atoms with Gasteiger partial charge in [-0.3, -0.25) is 0 Å². The highest BCUT2D eigenvalue weighted by atomic mass is 32.2. The smallest absolute Gasteiger partial charge is 0.380 e. The maximum absolute atomic E-state index is 13.3. The number of para-hydroxylation sites is 1. The van der Waals surface area contributed by atoms with Gasteiger partial charge in [0.1, 0.15) is 0 Å². The largest absolute Gasteiger partial charge is 0.416 e. The SMILES string of the molecule is O=S(=O)(c1ccc(C(F)(F)F)cc1)N1Cc2ccccc2NC(C2CCCC2)C1. The third kappa shape index (κ3) is 4.14. The average Bonchev–Trinajstić information content (AvgIpc) is 3.14. The van der Waals surface area contributed by atoms with Crippen molar-refractivity contribution in [3.05, 3.63) is 59.7 Å². The Kier molecular flexibility index (Phi) is 5.33. The molecule has 4 nitrogen and oxygen atoms in total. The van der Waals surface area contributed by atoms with Gasteiger partial charge in [-0.2, -0.15) is 17.5 Å². The lowest BCUT2D eigenvalue weighted by molar-refractivity contribution is -0.137. The van der Waals surface area contributed by atoms with E-state index in [4.69, 9.17) is 0 Å². The first-order chi connectivity index (χ1) is 13.7. The van der Waals surface area contributed by atoms with Gasteiger partial charge in [0, 0.05) is 24.8 Å². The second-order valence-electron chi connectivity index (χ2n) is 7.77. The zero-order chi connectivity index (χ0) is 20.6. The van der Waals surface area contributed by atoms with Gasteiger partial charge in [-0.1, -0.05) is 31.0 Å². The van der Waals surface area contributed by atoms with Crippen molar-refractivity contribution < 1.29 is 21.6 Å². The molecule has 4 rings (SSSR count). The van der Waals surface area contributed by atoms with Crippen LogP contribution in [0.2, 0.25) is 0 Å². The highest BCUT2D eigenvalue weighted by Gasteiger charge is 2.36. The third-order valence-corrected chi connectivity index (χ3v) is 7.72. The molecule has 1 heterocycles. The Morgan fingerprint density at radius 1 is 0.966 bits per heavy atom. The Morgan fingerprint density at radius 3 is 2.28 bits per heavy atom. The van der Waals surface area contributed by atoms with E-state index in [-0.39, 0.29) is 17.5 Å². The normalized spacial score (nSPS) is 21.4. The number of anilines is 1. The highest BCUT2D eigenvalue weighted by Crippen LogP contribution is 2.35. The molecule has 0 bridgehead atoms. The molecule has 0 saturated heterocycles. The van der Waals surface area contributed by atoms with Gasteiger partial charge in [-0.05, 0) is 54.7 Å². The lowest BCUT2D eigenvalue weighted by Crippen LogP contribution is -2.41. The van der Waals surface area contributed by atoms with E-state index in [0.717, 1.165) is 61.2 Å². The van der Waals surface area contributed by atoms with E-state index in [2.05, 4.69) is 5.32 Å². The van der Waals surface area contributed by atoms with Crippen LogP contribution in [0.4, 0.5) is 18.9 Å². The summed E-state index contributed by atoms with van der Waals surface area (Å²) in [6.45, 7) is 0.485. The molecule has 2 aromatic carbocycles. The van der Waals surface area contributed by atoms with Crippen molar-refractivity contribution in [2.24, 2.45) is 5.92 Å². The molecule has 1 fully saturated rings. The second kappa shape index (κ2) is 7.65. The summed E-state index contributed by atoms with van der Waals surface area (Å²) in [4.78, 5) is -0.116. The number of alkyl halides is 3. The topological polar surface area (TPSA) is 49.4 Å². The summed E-state index contributed by atoms with van der Waals surface area (Å²) in [5.41, 5.74) is 0.932. The van der Waals surface area contributed by atoms with Crippen molar-refractivity contribution in [1.29, 1.82) is 0 Å². The molecule has 1 aliphatic carbocycles. The van der Waals surface area contributed by atoms with Gasteiger partial charge < -0.3 is 5.32 Å². The van der Waals surface area contributed by atoms with Crippen LogP contribution >= 0.6 is 0 Å². The highest BCUT2D eigenvalue weighted by molar-refractivity contribution is 7.89. The monoisotopic (exact) mass is 424 g/mol. The molecule has 1 atom stereocenters. The van der Waals surface area contributed by atoms with E-state index >= 15 is 0 Å². The first-order valence-corrected chi connectivity index (χ1v) is 11.2. The molecule has 2 aromatic rings. The summed E-state index contributed by atoms with van der Waals surface area (Å²) in [6, 6.07) is 11.3. The summed E-state index contributed by atoms with van der Waals surface area (Å²) >= 11 is 0. The van der Waals surface area contributed by atoms with E-state index in [1.165, 1.54) is 4.31 Å². The number of benzene rings is 2. The Morgan fingerprint density at radius 2 is 1.62 bits per heavy atom. The van der Waals surface area contributed by atoms with Crippen LogP contribution in [-0.4, -0.2) is 25.3 Å². The molecule has 2 aliphatic rings. The van der Waals surface area contributed by atoms with Crippen LogP contribution in [0.3, 0.4) is 0 Å². The molecular formula is C21H23F3N2O2S. The number of fused-ring (bicyclic) bond motifs is 1. The number of nitrogens with zero attached hydrogens (tertiary/aromatic N) is 1. The number of hydrogen-bond donors (Lipinski definition) is 1. The fourth-order valence-electron chi connectivity index (χ4n) is 4.29.